The van der Waals surface area contributed by atoms with Crippen LogP contribution in [0.15, 0.2) is 10.9 Å². The molecular weight excluding hydrogens is 194 g/mol. The van der Waals surface area contributed by atoms with Gasteiger partial charge in [-0.3, -0.25) is 4.79 Å². The molecule has 0 fully saturated rings. The Kier molecular flexibility index (Phi) is 2.94. The lowest BCUT2D eigenvalue weighted by Gasteiger charge is -2.04. The van der Waals surface area contributed by atoms with Crippen LogP contribution in [0.3, 0.4) is 0 Å². The van der Waals surface area contributed by atoms with Gasteiger partial charge in [-0.15, -0.1) is 0 Å². The maximum absolute atomic E-state index is 12.2. The molecular formula is C8H6F2N2O2. The molecule has 2 N–H and O–H groups in total. The number of halogens is 2. The molecule has 0 bridgehead atoms. The van der Waals surface area contributed by atoms with Gasteiger partial charge in [0.25, 0.3) is 6.43 Å². The van der Waals surface area contributed by atoms with Gasteiger partial charge in [0.05, 0.1) is 18.0 Å². The van der Waals surface area contributed by atoms with Crippen LogP contribution in [0.1, 0.15) is 23.4 Å². The molecule has 0 aliphatic rings. The quantitative estimate of drug-likeness (QED) is 0.736. The van der Waals surface area contributed by atoms with Gasteiger partial charge >= 0.3 is 0 Å². The number of aromatic nitrogens is 1. The van der Waals surface area contributed by atoms with E-state index in [9.17, 15) is 13.6 Å². The van der Waals surface area contributed by atoms with Crippen LogP contribution < -0.4 is 5.43 Å². The largest absolute Gasteiger partial charge is 0.390 e. The number of nitrogens with one attached hydrogen (secondary N) is 1. The molecule has 0 aromatic carbocycles. The first-order valence-electron chi connectivity index (χ1n) is 3.65. The number of hydrogen-bond donors (Lipinski definition) is 2. The lowest BCUT2D eigenvalue weighted by molar-refractivity contribution is 0.145. The molecule has 14 heavy (non-hydrogen) atoms. The summed E-state index contributed by atoms with van der Waals surface area (Å²) >= 11 is 0. The van der Waals surface area contributed by atoms with Crippen LogP contribution in [-0.2, 0) is 6.61 Å². The van der Waals surface area contributed by atoms with Crippen molar-refractivity contribution < 1.29 is 13.9 Å². The van der Waals surface area contributed by atoms with E-state index < -0.39 is 24.2 Å². The summed E-state index contributed by atoms with van der Waals surface area (Å²) in [5.41, 5.74) is -1.93. The van der Waals surface area contributed by atoms with E-state index in [2.05, 4.69) is 4.98 Å². The van der Waals surface area contributed by atoms with Gasteiger partial charge in [-0.05, 0) is 0 Å². The van der Waals surface area contributed by atoms with Crippen molar-refractivity contribution in [2.45, 2.75) is 13.0 Å². The Hall–Kier alpha value is -1.74. The summed E-state index contributed by atoms with van der Waals surface area (Å²) in [6.07, 6.45) is -2.83. The summed E-state index contributed by atoms with van der Waals surface area (Å²) in [5, 5.41) is 17.2. The van der Waals surface area contributed by atoms with Crippen LogP contribution in [0, 0.1) is 11.3 Å². The number of pyridine rings is 1. The molecule has 0 atom stereocenters. The van der Waals surface area contributed by atoms with Gasteiger partial charge in [-0.2, -0.15) is 5.26 Å². The van der Waals surface area contributed by atoms with E-state index >= 15 is 0 Å². The number of aliphatic hydroxyl groups excluding tert-OH is 1. The maximum Gasteiger partial charge on any atom is 0.278 e. The zero-order chi connectivity index (χ0) is 10.7. The minimum Gasteiger partial charge on any atom is -0.390 e. The molecule has 74 valence electrons. The molecule has 0 saturated carbocycles. The van der Waals surface area contributed by atoms with E-state index in [0.717, 1.165) is 0 Å². The fraction of sp³-hybridized carbons (Fsp3) is 0.250. The predicted octanol–water partition coefficient (Wildman–Crippen LogP) is 0.676. The smallest absolute Gasteiger partial charge is 0.278 e. The SMILES string of the molecule is N#Cc1c(CO)[nH]c(C(F)F)cc1=O. The number of nitriles is 1. The predicted molar refractivity (Wildman–Crippen MR) is 42.7 cm³/mol. The Morgan fingerprint density at radius 1 is 1.64 bits per heavy atom. The van der Waals surface area contributed by atoms with Crippen LogP contribution in [0.4, 0.5) is 8.78 Å². The topological polar surface area (TPSA) is 76.9 Å². The molecule has 0 amide bonds. The van der Waals surface area contributed by atoms with Crippen molar-refractivity contribution >= 4 is 0 Å². The Morgan fingerprint density at radius 3 is 2.71 bits per heavy atom. The van der Waals surface area contributed by atoms with Crippen molar-refractivity contribution in [3.63, 3.8) is 0 Å². The molecule has 1 rings (SSSR count). The highest BCUT2D eigenvalue weighted by atomic mass is 19.3. The highest BCUT2D eigenvalue weighted by Crippen LogP contribution is 2.15. The third-order valence-corrected chi connectivity index (χ3v) is 1.64. The average Bonchev–Trinajstić information content (AvgIpc) is 2.16. The van der Waals surface area contributed by atoms with Crippen molar-refractivity contribution in [3.05, 3.63) is 33.2 Å². The van der Waals surface area contributed by atoms with E-state index in [1.807, 2.05) is 0 Å². The van der Waals surface area contributed by atoms with Crippen LogP contribution in [0.2, 0.25) is 0 Å². The number of aromatic amines is 1. The van der Waals surface area contributed by atoms with Crippen LogP contribution in [0.5, 0.6) is 0 Å². The van der Waals surface area contributed by atoms with E-state index in [1.54, 1.807) is 0 Å². The molecule has 0 aliphatic heterocycles. The summed E-state index contributed by atoms with van der Waals surface area (Å²) in [6, 6.07) is 2.19. The molecule has 0 unspecified atom stereocenters. The second-order valence-electron chi connectivity index (χ2n) is 2.51. The number of hydrogen-bond acceptors (Lipinski definition) is 3. The zero-order valence-corrected chi connectivity index (χ0v) is 6.92. The Morgan fingerprint density at radius 2 is 2.29 bits per heavy atom. The van der Waals surface area contributed by atoms with Gasteiger partial charge in [0.1, 0.15) is 11.6 Å². The van der Waals surface area contributed by atoms with Gasteiger partial charge in [-0.25, -0.2) is 8.78 Å². The minimum absolute atomic E-state index is 0.185. The van der Waals surface area contributed by atoms with Crippen molar-refractivity contribution in [2.24, 2.45) is 0 Å². The lowest BCUT2D eigenvalue weighted by atomic mass is 10.2. The highest BCUT2D eigenvalue weighted by Gasteiger charge is 2.13. The second kappa shape index (κ2) is 3.98. The second-order valence-corrected chi connectivity index (χ2v) is 2.51. The van der Waals surface area contributed by atoms with Crippen molar-refractivity contribution in [1.29, 1.82) is 5.26 Å². The van der Waals surface area contributed by atoms with Gasteiger partial charge in [0.2, 0.25) is 0 Å². The van der Waals surface area contributed by atoms with Gasteiger partial charge in [0.15, 0.2) is 5.43 Å². The number of H-pyrrole nitrogens is 1. The van der Waals surface area contributed by atoms with Crippen LogP contribution in [0.25, 0.3) is 0 Å². The highest BCUT2D eigenvalue weighted by molar-refractivity contribution is 5.34. The van der Waals surface area contributed by atoms with Crippen LogP contribution in [-0.4, -0.2) is 10.1 Å². The molecule has 6 heteroatoms. The maximum atomic E-state index is 12.2. The summed E-state index contributed by atoms with van der Waals surface area (Å²) in [4.78, 5) is 13.2. The fourth-order valence-electron chi connectivity index (χ4n) is 0.994. The summed E-state index contributed by atoms with van der Waals surface area (Å²) in [7, 11) is 0. The summed E-state index contributed by atoms with van der Waals surface area (Å²) in [5.74, 6) is 0. The molecule has 0 spiro atoms. The first kappa shape index (κ1) is 10.3. The Labute approximate surface area is 77.4 Å². The van der Waals surface area contributed by atoms with Crippen LogP contribution >= 0.6 is 0 Å². The molecule has 0 saturated heterocycles. The minimum atomic E-state index is -2.83. The van der Waals surface area contributed by atoms with Gasteiger partial charge in [0, 0.05) is 6.07 Å². The molecule has 1 aromatic rings. The number of rotatable bonds is 2. The van der Waals surface area contributed by atoms with Gasteiger partial charge in [-0.1, -0.05) is 0 Å². The Balaban J connectivity index is 3.41. The van der Waals surface area contributed by atoms with Gasteiger partial charge < -0.3 is 10.1 Å². The Bertz CT molecular complexity index is 434. The molecule has 1 aromatic heterocycles. The average molecular weight is 200 g/mol. The third-order valence-electron chi connectivity index (χ3n) is 1.64. The van der Waals surface area contributed by atoms with E-state index in [-0.39, 0.29) is 11.3 Å². The fourth-order valence-corrected chi connectivity index (χ4v) is 0.994. The number of nitrogens with zero attached hydrogens (tertiary/aromatic N) is 1. The van der Waals surface area contributed by atoms with E-state index in [4.69, 9.17) is 10.4 Å². The van der Waals surface area contributed by atoms with Crippen molar-refractivity contribution in [2.75, 3.05) is 0 Å². The standard InChI is InChI=1S/C8H6F2N2O2/c9-8(10)5-1-7(14)4(2-11)6(3-13)12-5/h1,8,13H,3H2,(H,12,14). The summed E-state index contributed by atoms with van der Waals surface area (Å²) < 4.78 is 24.3. The lowest BCUT2D eigenvalue weighted by Crippen LogP contribution is -2.13. The number of aliphatic hydroxyl groups is 1. The first-order valence-corrected chi connectivity index (χ1v) is 3.65. The molecule has 1 heterocycles. The monoisotopic (exact) mass is 200 g/mol. The molecule has 0 aliphatic carbocycles. The van der Waals surface area contributed by atoms with E-state index in [0.29, 0.717) is 6.07 Å². The third kappa shape index (κ3) is 1.78. The molecule has 0 radical (unpaired) electrons. The number of alkyl halides is 2. The van der Waals surface area contributed by atoms with E-state index in [1.165, 1.54) is 6.07 Å². The normalized spacial score (nSPS) is 10.2. The zero-order valence-electron chi connectivity index (χ0n) is 6.92. The van der Waals surface area contributed by atoms with Crippen molar-refractivity contribution in [1.82, 2.24) is 4.98 Å². The van der Waals surface area contributed by atoms with Crippen molar-refractivity contribution in [3.8, 4) is 6.07 Å². The first-order chi connectivity index (χ1) is 6.60. The molecule has 4 nitrogen and oxygen atoms in total. The summed E-state index contributed by atoms with van der Waals surface area (Å²) in [6.45, 7) is -0.654.